The van der Waals surface area contributed by atoms with E-state index in [-0.39, 0.29) is 32.1 Å². The Bertz CT molecular complexity index is 1420. The number of carbonyl (C=O) groups is 3. The van der Waals surface area contributed by atoms with Crippen molar-refractivity contribution in [2.45, 2.75) is 38.9 Å². The van der Waals surface area contributed by atoms with Crippen LogP contribution in [-0.2, 0) is 29.5 Å². The Labute approximate surface area is 259 Å². The Morgan fingerprint density at radius 1 is 0.791 bits per heavy atom. The van der Waals surface area contributed by atoms with Crippen molar-refractivity contribution in [3.8, 4) is 0 Å². The van der Waals surface area contributed by atoms with E-state index in [2.05, 4.69) is 17.2 Å². The molecule has 0 aliphatic heterocycles. The highest BCUT2D eigenvalue weighted by atomic mass is 35.5. The molecule has 0 aliphatic rings. The van der Waals surface area contributed by atoms with Crippen molar-refractivity contribution in [3.63, 3.8) is 0 Å². The number of rotatable bonds is 13. The molecule has 1 amide bonds. The van der Waals surface area contributed by atoms with E-state index >= 15 is 0 Å². The zero-order valence-electron chi connectivity index (χ0n) is 25.4. The summed E-state index contributed by atoms with van der Waals surface area (Å²) in [5, 5.41) is 6.03. The second kappa shape index (κ2) is 14.8. The Balaban J connectivity index is 1.70. The lowest BCUT2D eigenvalue weighted by molar-refractivity contribution is -0.154. The summed E-state index contributed by atoms with van der Waals surface area (Å²) in [5.41, 5.74) is 1.77. The smallest absolute Gasteiger partial charge is 0.326 e. The van der Waals surface area contributed by atoms with Crippen LogP contribution in [0.3, 0.4) is 0 Å². The Kier molecular flexibility index (Phi) is 11.5. The molecule has 1 unspecified atom stereocenters. The SMILES string of the molecule is C=C(CN(C)CC(=O)NCC(=O)OC(C)(C)C)[15NH][13CH2][13C](=O)OC(c1ccccc1)(c1ccc(C)cc1)c1ccccc1Cl. The first-order chi connectivity index (χ1) is 20.3. The predicted molar refractivity (Wildman–Crippen MR) is 169 cm³/mol. The summed E-state index contributed by atoms with van der Waals surface area (Å²) in [6.45, 7) is 11.2. The molecule has 0 bridgehead atoms. The number of amides is 1. The second-order valence-electron chi connectivity index (χ2n) is 11.4. The van der Waals surface area contributed by atoms with E-state index < -0.39 is 23.1 Å². The third kappa shape index (κ3) is 9.70. The third-order valence-electron chi connectivity index (χ3n) is 6.37. The summed E-state index contributed by atoms with van der Waals surface area (Å²) in [6.07, 6.45) is 0. The molecule has 0 radical (unpaired) electrons. The summed E-state index contributed by atoms with van der Waals surface area (Å²) in [6, 6.07) is 24.6. The minimum atomic E-state index is -1.31. The number of esters is 2. The molecule has 1 atom stereocenters. The number of nitrogens with one attached hydrogen (secondary N) is 2. The van der Waals surface area contributed by atoms with Crippen LogP contribution >= 0.6 is 11.6 Å². The number of hydrogen-bond acceptors (Lipinski definition) is 7. The minimum absolute atomic E-state index is 0.0188. The zero-order chi connectivity index (χ0) is 31.6. The normalized spacial score (nSPS) is 12.6. The van der Waals surface area contributed by atoms with Gasteiger partial charge < -0.3 is 20.1 Å². The molecule has 9 heteroatoms. The quantitative estimate of drug-likeness (QED) is 0.122. The summed E-state index contributed by atoms with van der Waals surface area (Å²) in [7, 11) is 1.73. The maximum absolute atomic E-state index is 13.5. The van der Waals surface area contributed by atoms with Gasteiger partial charge in [0.15, 0.2) is 5.60 Å². The highest BCUT2D eigenvalue weighted by Crippen LogP contribution is 2.43. The topological polar surface area (TPSA) is 97.0 Å². The molecule has 0 aromatic heterocycles. The van der Waals surface area contributed by atoms with Crippen molar-refractivity contribution in [1.82, 2.24) is 15.5 Å². The van der Waals surface area contributed by atoms with Crippen LogP contribution in [0.25, 0.3) is 0 Å². The average Bonchev–Trinajstić information content (AvgIpc) is 2.94. The van der Waals surface area contributed by atoms with E-state index in [1.54, 1.807) is 38.8 Å². The van der Waals surface area contributed by atoms with Crippen LogP contribution in [0.2, 0.25) is 5.02 Å². The van der Waals surface area contributed by atoms with Crippen LogP contribution in [0.5, 0.6) is 0 Å². The van der Waals surface area contributed by atoms with Gasteiger partial charge in [0, 0.05) is 34.0 Å². The zero-order valence-corrected chi connectivity index (χ0v) is 26.2. The maximum atomic E-state index is 13.5. The van der Waals surface area contributed by atoms with Gasteiger partial charge in [-0.2, -0.15) is 0 Å². The molecule has 3 aromatic rings. The van der Waals surface area contributed by atoms with Crippen LogP contribution < -0.4 is 10.6 Å². The molecule has 0 fully saturated rings. The minimum Gasteiger partial charge on any atom is -0.459 e. The largest absolute Gasteiger partial charge is 0.459 e. The summed E-state index contributed by atoms with van der Waals surface area (Å²) >= 11 is 6.73. The van der Waals surface area contributed by atoms with Gasteiger partial charge in [0.1, 0.15) is 18.7 Å². The molecule has 3 aromatic carbocycles. The Morgan fingerprint density at radius 3 is 1.98 bits per heavy atom. The first kappa shape index (κ1) is 33.4. The number of hydrogen-bond donors (Lipinski definition) is 2. The monoisotopic (exact) mass is 608 g/mol. The molecule has 228 valence electrons. The van der Waals surface area contributed by atoms with E-state index in [1.807, 2.05) is 79.7 Å². The molecule has 3 rings (SSSR count). The fraction of sp³-hybridized carbons (Fsp3) is 0.324. The predicted octanol–water partition coefficient (Wildman–Crippen LogP) is 4.98. The third-order valence-corrected chi connectivity index (χ3v) is 6.70. The van der Waals surface area contributed by atoms with Gasteiger partial charge >= 0.3 is 11.9 Å². The van der Waals surface area contributed by atoms with Crippen molar-refractivity contribution in [3.05, 3.63) is 118 Å². The molecule has 0 saturated heterocycles. The number of ether oxygens (including phenoxy) is 2. The van der Waals surface area contributed by atoms with Crippen LogP contribution in [0.4, 0.5) is 0 Å². The lowest BCUT2D eigenvalue weighted by atomic mass is 9.80. The van der Waals surface area contributed by atoms with E-state index in [1.165, 1.54) is 0 Å². The molecule has 0 heterocycles. The molecular weight excluding hydrogens is 569 g/mol. The molecule has 8 nitrogen and oxygen atoms in total. The van der Waals surface area contributed by atoms with Gasteiger partial charge in [-0.05, 0) is 40.8 Å². The number of halogens is 1. The van der Waals surface area contributed by atoms with E-state index in [4.69, 9.17) is 21.1 Å². The number of aryl methyl sites for hydroxylation is 1. The fourth-order valence-corrected chi connectivity index (χ4v) is 4.82. The summed E-state index contributed by atoms with van der Waals surface area (Å²) in [5.74, 6) is -1.38. The van der Waals surface area contributed by atoms with Crippen LogP contribution in [0.1, 0.15) is 43.0 Å². The summed E-state index contributed by atoms with van der Waals surface area (Å²) < 4.78 is 11.6. The van der Waals surface area contributed by atoms with Crippen molar-refractivity contribution in [1.29, 1.82) is 0 Å². The van der Waals surface area contributed by atoms with Crippen molar-refractivity contribution in [2.75, 3.05) is 33.2 Å². The molecule has 2 N–H and O–H groups in total. The molecular formula is C34H40ClN3O5. The Hall–Kier alpha value is -4.14. The molecule has 0 spiro atoms. The number of carbonyl (C=O) groups excluding carboxylic acids is 3. The van der Waals surface area contributed by atoms with Crippen LogP contribution in [0.15, 0.2) is 91.1 Å². The van der Waals surface area contributed by atoms with Crippen molar-refractivity contribution < 1.29 is 23.9 Å². The van der Waals surface area contributed by atoms with Crippen molar-refractivity contribution in [2.24, 2.45) is 0 Å². The van der Waals surface area contributed by atoms with Gasteiger partial charge in [-0.3, -0.25) is 19.3 Å². The molecule has 0 saturated carbocycles. The molecule has 43 heavy (non-hydrogen) atoms. The first-order valence-corrected chi connectivity index (χ1v) is 14.4. The van der Waals surface area contributed by atoms with Gasteiger partial charge in [-0.1, -0.05) is 96.5 Å². The maximum Gasteiger partial charge on any atom is 0.326 e. The van der Waals surface area contributed by atoms with Crippen LogP contribution in [0, 0.1) is 6.92 Å². The van der Waals surface area contributed by atoms with Crippen LogP contribution in [-0.4, -0.2) is 61.6 Å². The van der Waals surface area contributed by atoms with Crippen molar-refractivity contribution >= 4 is 29.4 Å². The lowest BCUT2D eigenvalue weighted by Crippen LogP contribution is -2.41. The van der Waals surface area contributed by atoms with E-state index in [0.717, 1.165) is 16.7 Å². The fourth-order valence-electron chi connectivity index (χ4n) is 4.55. The van der Waals surface area contributed by atoms with Gasteiger partial charge in [0.05, 0.1) is 6.54 Å². The standard InChI is InChI=1S/C34H40ClN3O5/c1-24-16-18-27(19-17-24)34(26-12-8-7-9-13-26,28-14-10-11-15-29(28)35)43-32(41)20-36-25(2)22-38(6)23-30(39)37-21-31(40)42-33(3,4)5/h7-19,36H,2,20-23H2,1,3-6H3,(H,37,39)/i20+1,32+1,36+1. The Morgan fingerprint density at radius 2 is 1.35 bits per heavy atom. The second-order valence-corrected chi connectivity index (χ2v) is 11.8. The number of benzene rings is 3. The highest BCUT2D eigenvalue weighted by molar-refractivity contribution is 6.31. The van der Waals surface area contributed by atoms with Gasteiger partial charge in [0.25, 0.3) is 0 Å². The van der Waals surface area contributed by atoms with Gasteiger partial charge in [0.2, 0.25) is 5.91 Å². The number of nitrogens with zero attached hydrogens (tertiary/aromatic N) is 1. The number of likely N-dealkylation sites (N-methyl/N-ethyl adjacent to an activating group) is 1. The van der Waals surface area contributed by atoms with Gasteiger partial charge in [-0.25, -0.2) is 0 Å². The highest BCUT2D eigenvalue weighted by Gasteiger charge is 2.42. The average molecular weight is 609 g/mol. The summed E-state index contributed by atoms with van der Waals surface area (Å²) in [4.78, 5) is 39.3. The van der Waals surface area contributed by atoms with Gasteiger partial charge in [-0.15, -0.1) is 0 Å². The molecule has 0 aliphatic carbocycles. The first-order valence-electron chi connectivity index (χ1n) is 14.0. The van der Waals surface area contributed by atoms with E-state index in [9.17, 15) is 14.4 Å². The lowest BCUT2D eigenvalue weighted by Gasteiger charge is -2.36. The van der Waals surface area contributed by atoms with E-state index in [0.29, 0.717) is 16.3 Å².